The molecule has 1 fully saturated rings. The van der Waals surface area contributed by atoms with Crippen LogP contribution < -0.4 is 10.1 Å². The van der Waals surface area contributed by atoms with Gasteiger partial charge in [0.05, 0.1) is 6.04 Å². The Balaban J connectivity index is 1.68. The van der Waals surface area contributed by atoms with Crippen LogP contribution in [0.4, 0.5) is 0 Å². The SMILES string of the molecule is O=C(O)COc1cccc(C(=O)NC2CCOC2c2ccc(Cl)cc2)c1. The lowest BCUT2D eigenvalue weighted by molar-refractivity contribution is -0.139. The number of carboxylic acid groups (broad SMARTS) is 1. The van der Waals surface area contributed by atoms with Gasteiger partial charge in [0.25, 0.3) is 5.91 Å². The third-order valence-electron chi connectivity index (χ3n) is 4.07. The number of amides is 1. The number of benzene rings is 2. The third kappa shape index (κ3) is 4.53. The molecule has 0 radical (unpaired) electrons. The van der Waals surface area contributed by atoms with Gasteiger partial charge in [-0.2, -0.15) is 0 Å². The van der Waals surface area contributed by atoms with Crippen molar-refractivity contribution in [1.82, 2.24) is 5.32 Å². The van der Waals surface area contributed by atoms with Gasteiger partial charge in [-0.3, -0.25) is 4.79 Å². The van der Waals surface area contributed by atoms with Gasteiger partial charge in [0.1, 0.15) is 11.9 Å². The monoisotopic (exact) mass is 375 g/mol. The fourth-order valence-electron chi connectivity index (χ4n) is 2.84. The number of carboxylic acids is 1. The maximum atomic E-state index is 12.6. The van der Waals surface area contributed by atoms with Crippen molar-refractivity contribution in [3.05, 3.63) is 64.7 Å². The van der Waals surface area contributed by atoms with E-state index in [1.807, 2.05) is 12.1 Å². The van der Waals surface area contributed by atoms with Crippen LogP contribution in [-0.4, -0.2) is 36.2 Å². The molecule has 3 rings (SSSR count). The number of hydrogen-bond donors (Lipinski definition) is 2. The largest absolute Gasteiger partial charge is 0.482 e. The molecule has 1 aliphatic heterocycles. The highest BCUT2D eigenvalue weighted by molar-refractivity contribution is 6.30. The molecule has 0 bridgehead atoms. The molecule has 136 valence electrons. The molecular weight excluding hydrogens is 358 g/mol. The summed E-state index contributed by atoms with van der Waals surface area (Å²) in [7, 11) is 0. The average molecular weight is 376 g/mol. The summed E-state index contributed by atoms with van der Waals surface area (Å²) in [5.74, 6) is -1.01. The number of rotatable bonds is 6. The Morgan fingerprint density at radius 3 is 2.73 bits per heavy atom. The van der Waals surface area contributed by atoms with Gasteiger partial charge >= 0.3 is 5.97 Å². The lowest BCUT2D eigenvalue weighted by atomic mass is 10.0. The zero-order valence-electron chi connectivity index (χ0n) is 13.9. The van der Waals surface area contributed by atoms with Gasteiger partial charge in [-0.05, 0) is 42.3 Å². The Bertz CT molecular complexity index is 793. The van der Waals surface area contributed by atoms with E-state index in [-0.39, 0.29) is 18.1 Å². The summed E-state index contributed by atoms with van der Waals surface area (Å²) >= 11 is 5.92. The van der Waals surface area contributed by atoms with Crippen LogP contribution in [0.3, 0.4) is 0 Å². The Kier molecular flexibility index (Phi) is 5.75. The smallest absolute Gasteiger partial charge is 0.341 e. The predicted molar refractivity (Wildman–Crippen MR) is 95.6 cm³/mol. The van der Waals surface area contributed by atoms with Gasteiger partial charge in [0.2, 0.25) is 0 Å². The van der Waals surface area contributed by atoms with Gasteiger partial charge in [0, 0.05) is 17.2 Å². The normalized spacial score (nSPS) is 19.1. The summed E-state index contributed by atoms with van der Waals surface area (Å²) in [4.78, 5) is 23.1. The Morgan fingerprint density at radius 2 is 2.00 bits per heavy atom. The third-order valence-corrected chi connectivity index (χ3v) is 4.32. The lowest BCUT2D eigenvalue weighted by Gasteiger charge is -2.20. The standard InChI is InChI=1S/C19H18ClNO5/c20-14-6-4-12(5-7-14)18-16(8-9-25-18)21-19(24)13-2-1-3-15(10-13)26-11-17(22)23/h1-7,10,16,18H,8-9,11H2,(H,21,24)(H,22,23). The highest BCUT2D eigenvalue weighted by atomic mass is 35.5. The lowest BCUT2D eigenvalue weighted by Crippen LogP contribution is -2.36. The highest BCUT2D eigenvalue weighted by Crippen LogP contribution is 2.30. The molecule has 2 N–H and O–H groups in total. The molecular formula is C19H18ClNO5. The molecule has 26 heavy (non-hydrogen) atoms. The van der Waals surface area contributed by atoms with Gasteiger partial charge in [-0.1, -0.05) is 29.8 Å². The van der Waals surface area contributed by atoms with Gasteiger partial charge < -0.3 is 19.9 Å². The number of aliphatic carboxylic acids is 1. The van der Waals surface area contributed by atoms with Crippen molar-refractivity contribution in [2.45, 2.75) is 18.6 Å². The summed E-state index contributed by atoms with van der Waals surface area (Å²) in [6.07, 6.45) is 0.469. The van der Waals surface area contributed by atoms with Crippen molar-refractivity contribution >= 4 is 23.5 Å². The van der Waals surface area contributed by atoms with Gasteiger partial charge in [-0.25, -0.2) is 4.79 Å². The average Bonchev–Trinajstić information content (AvgIpc) is 3.09. The number of hydrogen-bond acceptors (Lipinski definition) is 4. The number of nitrogens with one attached hydrogen (secondary N) is 1. The van der Waals surface area contributed by atoms with Crippen molar-refractivity contribution in [2.24, 2.45) is 0 Å². The molecule has 1 aliphatic rings. The summed E-state index contributed by atoms with van der Waals surface area (Å²) in [5.41, 5.74) is 1.35. The predicted octanol–water partition coefficient (Wildman–Crippen LogP) is 3.06. The summed E-state index contributed by atoms with van der Waals surface area (Å²) < 4.78 is 10.9. The van der Waals surface area contributed by atoms with E-state index in [1.165, 1.54) is 6.07 Å². The van der Waals surface area contributed by atoms with Crippen molar-refractivity contribution in [3.8, 4) is 5.75 Å². The van der Waals surface area contributed by atoms with E-state index in [9.17, 15) is 9.59 Å². The quantitative estimate of drug-likeness (QED) is 0.810. The number of carbonyl (C=O) groups is 2. The molecule has 1 saturated heterocycles. The summed E-state index contributed by atoms with van der Waals surface area (Å²) in [5, 5.41) is 12.3. The fourth-order valence-corrected chi connectivity index (χ4v) is 2.97. The molecule has 0 spiro atoms. The van der Waals surface area contributed by atoms with Gasteiger partial charge in [0.15, 0.2) is 6.61 Å². The molecule has 2 aromatic carbocycles. The van der Waals surface area contributed by atoms with Crippen molar-refractivity contribution in [3.63, 3.8) is 0 Å². The van der Waals surface area contributed by atoms with Crippen LogP contribution in [-0.2, 0) is 9.53 Å². The maximum Gasteiger partial charge on any atom is 0.341 e. The second-order valence-electron chi connectivity index (χ2n) is 5.92. The second kappa shape index (κ2) is 8.21. The Hall–Kier alpha value is -2.57. The minimum absolute atomic E-state index is 0.160. The topological polar surface area (TPSA) is 84.9 Å². The highest BCUT2D eigenvalue weighted by Gasteiger charge is 2.31. The van der Waals surface area contributed by atoms with E-state index in [4.69, 9.17) is 26.2 Å². The van der Waals surface area contributed by atoms with Crippen LogP contribution in [0.25, 0.3) is 0 Å². The first-order chi connectivity index (χ1) is 12.5. The van der Waals surface area contributed by atoms with Crippen LogP contribution in [0.1, 0.15) is 28.4 Å². The molecule has 1 amide bonds. The van der Waals surface area contributed by atoms with E-state index < -0.39 is 12.6 Å². The van der Waals surface area contributed by atoms with Crippen LogP contribution in [0.15, 0.2) is 48.5 Å². The van der Waals surface area contributed by atoms with Crippen LogP contribution >= 0.6 is 11.6 Å². The molecule has 0 saturated carbocycles. The first kappa shape index (κ1) is 18.2. The number of carbonyl (C=O) groups excluding carboxylic acids is 1. The van der Waals surface area contributed by atoms with E-state index in [2.05, 4.69) is 5.32 Å². The van der Waals surface area contributed by atoms with Crippen LogP contribution in [0, 0.1) is 0 Å². The number of ether oxygens (including phenoxy) is 2. The Labute approximate surface area is 155 Å². The number of halogens is 1. The summed E-state index contributed by atoms with van der Waals surface area (Å²) in [6.45, 7) is 0.0974. The van der Waals surface area contributed by atoms with E-state index in [0.29, 0.717) is 29.4 Å². The second-order valence-corrected chi connectivity index (χ2v) is 6.36. The van der Waals surface area contributed by atoms with E-state index >= 15 is 0 Å². The summed E-state index contributed by atoms with van der Waals surface area (Å²) in [6, 6.07) is 13.6. The van der Waals surface area contributed by atoms with Crippen LogP contribution in [0.5, 0.6) is 5.75 Å². The van der Waals surface area contributed by atoms with E-state index in [1.54, 1.807) is 30.3 Å². The molecule has 6 nitrogen and oxygen atoms in total. The first-order valence-corrected chi connectivity index (χ1v) is 8.53. The van der Waals surface area contributed by atoms with Gasteiger partial charge in [-0.15, -0.1) is 0 Å². The van der Waals surface area contributed by atoms with Crippen molar-refractivity contribution in [1.29, 1.82) is 0 Å². The minimum atomic E-state index is -1.08. The van der Waals surface area contributed by atoms with E-state index in [0.717, 1.165) is 5.56 Å². The zero-order chi connectivity index (χ0) is 18.5. The first-order valence-electron chi connectivity index (χ1n) is 8.15. The molecule has 0 aliphatic carbocycles. The zero-order valence-corrected chi connectivity index (χ0v) is 14.6. The molecule has 2 aromatic rings. The molecule has 2 atom stereocenters. The molecule has 0 aromatic heterocycles. The molecule has 7 heteroatoms. The maximum absolute atomic E-state index is 12.6. The minimum Gasteiger partial charge on any atom is -0.482 e. The molecule has 2 unspecified atom stereocenters. The Morgan fingerprint density at radius 1 is 1.23 bits per heavy atom. The van der Waals surface area contributed by atoms with Crippen LogP contribution in [0.2, 0.25) is 5.02 Å². The molecule has 1 heterocycles. The fraction of sp³-hybridized carbons (Fsp3) is 0.263. The van der Waals surface area contributed by atoms with Crippen molar-refractivity contribution < 1.29 is 24.2 Å². The van der Waals surface area contributed by atoms with Crippen molar-refractivity contribution in [2.75, 3.05) is 13.2 Å².